The second-order valence-corrected chi connectivity index (χ2v) is 10.1. The van der Waals surface area contributed by atoms with Crippen LogP contribution >= 0.6 is 34.4 Å². The summed E-state index contributed by atoms with van der Waals surface area (Å²) in [6, 6.07) is 2.33. The summed E-state index contributed by atoms with van der Waals surface area (Å²) in [6.07, 6.45) is 2.26. The first-order chi connectivity index (χ1) is 15.4. The van der Waals surface area contributed by atoms with Crippen LogP contribution in [0.15, 0.2) is 22.0 Å². The van der Waals surface area contributed by atoms with Crippen molar-refractivity contribution in [3.8, 4) is 11.4 Å². The summed E-state index contributed by atoms with van der Waals surface area (Å²) in [5.74, 6) is 0.489. The van der Waals surface area contributed by atoms with Gasteiger partial charge in [-0.3, -0.25) is 14.2 Å². The molecule has 3 aromatic heterocycles. The van der Waals surface area contributed by atoms with Crippen molar-refractivity contribution < 1.29 is 14.3 Å². The van der Waals surface area contributed by atoms with E-state index in [2.05, 4.69) is 57.3 Å². The van der Waals surface area contributed by atoms with Gasteiger partial charge in [0.2, 0.25) is 5.91 Å². The van der Waals surface area contributed by atoms with Gasteiger partial charge in [0.05, 0.1) is 24.5 Å². The number of carbonyl (C=O) groups is 2. The monoisotopic (exact) mass is 493 g/mol. The molecule has 172 valence electrons. The zero-order valence-corrected chi connectivity index (χ0v) is 21.0. The van der Waals surface area contributed by atoms with Gasteiger partial charge in [0.1, 0.15) is 0 Å². The van der Waals surface area contributed by atoms with E-state index in [0.717, 1.165) is 24.2 Å². The first-order valence-electron chi connectivity index (χ1n) is 10.5. The van der Waals surface area contributed by atoms with E-state index in [4.69, 9.17) is 4.74 Å². The number of hydrogen-bond donors (Lipinski definition) is 1. The van der Waals surface area contributed by atoms with Crippen LogP contribution in [-0.4, -0.2) is 44.0 Å². The van der Waals surface area contributed by atoms with Crippen molar-refractivity contribution >= 4 is 51.4 Å². The molecule has 0 saturated heterocycles. The van der Waals surface area contributed by atoms with E-state index in [0.29, 0.717) is 22.6 Å². The minimum Gasteiger partial charge on any atom is -0.466 e. The zero-order chi connectivity index (χ0) is 23.1. The quantitative estimate of drug-likeness (QED) is 0.302. The number of nitrogens with one attached hydrogen (secondary N) is 1. The summed E-state index contributed by atoms with van der Waals surface area (Å²) in [4.78, 5) is 29.6. The molecule has 3 heterocycles. The Bertz CT molecular complexity index is 1060. The van der Waals surface area contributed by atoms with Crippen LogP contribution < -0.4 is 5.32 Å². The minimum absolute atomic E-state index is 0.0950. The van der Waals surface area contributed by atoms with Crippen LogP contribution in [0.4, 0.5) is 5.13 Å². The van der Waals surface area contributed by atoms with Gasteiger partial charge in [0, 0.05) is 27.2 Å². The first-order valence-corrected chi connectivity index (χ1v) is 13.2. The molecule has 32 heavy (non-hydrogen) atoms. The van der Waals surface area contributed by atoms with Crippen LogP contribution in [-0.2, 0) is 27.2 Å². The van der Waals surface area contributed by atoms with E-state index in [1.165, 1.54) is 28.0 Å². The van der Waals surface area contributed by atoms with Gasteiger partial charge in [0.25, 0.3) is 0 Å². The molecule has 0 aromatic carbocycles. The lowest BCUT2D eigenvalue weighted by Gasteiger charge is -2.13. The molecule has 1 N–H and O–H groups in total. The van der Waals surface area contributed by atoms with Crippen molar-refractivity contribution in [2.75, 3.05) is 17.7 Å². The number of thioether (sulfide) groups is 1. The number of nitrogens with zero attached hydrogens (tertiary/aromatic N) is 4. The van der Waals surface area contributed by atoms with E-state index in [1.807, 2.05) is 0 Å². The molecule has 0 saturated carbocycles. The molecule has 11 heteroatoms. The lowest BCUT2D eigenvalue weighted by atomic mass is 10.2. The maximum absolute atomic E-state index is 12.4. The molecule has 0 spiro atoms. The summed E-state index contributed by atoms with van der Waals surface area (Å²) >= 11 is 4.37. The highest BCUT2D eigenvalue weighted by Crippen LogP contribution is 2.31. The fourth-order valence-corrected chi connectivity index (χ4v) is 5.57. The zero-order valence-electron chi connectivity index (χ0n) is 18.6. The second-order valence-electron chi connectivity index (χ2n) is 7.28. The van der Waals surface area contributed by atoms with Crippen LogP contribution in [0.25, 0.3) is 11.4 Å². The van der Waals surface area contributed by atoms with Crippen LogP contribution in [0.2, 0.25) is 0 Å². The molecule has 8 nitrogen and oxygen atoms in total. The van der Waals surface area contributed by atoms with Crippen molar-refractivity contribution in [3.05, 3.63) is 27.4 Å². The van der Waals surface area contributed by atoms with Gasteiger partial charge in [-0.2, -0.15) is 0 Å². The molecule has 0 aliphatic heterocycles. The third kappa shape index (κ3) is 6.39. The number of thiophene rings is 1. The van der Waals surface area contributed by atoms with Crippen molar-refractivity contribution in [2.24, 2.45) is 0 Å². The van der Waals surface area contributed by atoms with Gasteiger partial charge in [-0.15, -0.1) is 32.9 Å². The van der Waals surface area contributed by atoms with E-state index >= 15 is 0 Å². The Morgan fingerprint density at radius 1 is 1.22 bits per heavy atom. The van der Waals surface area contributed by atoms with Gasteiger partial charge in [0.15, 0.2) is 16.1 Å². The fourth-order valence-electron chi connectivity index (χ4n) is 3.00. The maximum atomic E-state index is 12.4. The highest BCUT2D eigenvalue weighted by Gasteiger charge is 2.19. The average Bonchev–Trinajstić information content (AvgIpc) is 3.46. The molecule has 3 aromatic rings. The molecule has 0 atom stereocenters. The number of anilines is 1. The highest BCUT2D eigenvalue weighted by molar-refractivity contribution is 7.99. The molecule has 0 bridgehead atoms. The predicted molar refractivity (Wildman–Crippen MR) is 130 cm³/mol. The van der Waals surface area contributed by atoms with Gasteiger partial charge >= 0.3 is 5.97 Å². The number of ether oxygens (including phenoxy) is 1. The minimum atomic E-state index is -0.331. The molecule has 1 amide bonds. The summed E-state index contributed by atoms with van der Waals surface area (Å²) < 4.78 is 6.99. The largest absolute Gasteiger partial charge is 0.466 e. The fraction of sp³-hybridized carbons (Fsp3) is 0.476. The van der Waals surface area contributed by atoms with Crippen LogP contribution in [0.3, 0.4) is 0 Å². The SMILES string of the molecule is CCCc1cc(-c2nnc(SCC(=O)Nc3nc(CC(=O)OCC)cs3)n2C(C)C)cs1. The van der Waals surface area contributed by atoms with Gasteiger partial charge in [-0.1, -0.05) is 25.1 Å². The van der Waals surface area contributed by atoms with Gasteiger partial charge in [-0.05, 0) is 33.3 Å². The van der Waals surface area contributed by atoms with Crippen molar-refractivity contribution in [3.63, 3.8) is 0 Å². The summed E-state index contributed by atoms with van der Waals surface area (Å²) in [5, 5.41) is 16.5. The van der Waals surface area contributed by atoms with Gasteiger partial charge < -0.3 is 10.1 Å². The topological polar surface area (TPSA) is 99.0 Å². The molecular weight excluding hydrogens is 466 g/mol. The van der Waals surface area contributed by atoms with Crippen molar-refractivity contribution in [1.29, 1.82) is 0 Å². The van der Waals surface area contributed by atoms with E-state index in [1.54, 1.807) is 23.6 Å². The molecule has 3 rings (SSSR count). The second kappa shape index (κ2) is 11.6. The van der Waals surface area contributed by atoms with Crippen LogP contribution in [0.5, 0.6) is 0 Å². The molecule has 0 fully saturated rings. The first kappa shape index (κ1) is 24.4. The van der Waals surface area contributed by atoms with E-state index in [9.17, 15) is 9.59 Å². The number of rotatable bonds is 11. The standard InChI is InChI=1S/C21H27N5O3S3/c1-5-7-16-8-14(10-30-16)19-24-25-21(26(19)13(3)4)32-12-17(27)23-20-22-15(11-31-20)9-18(28)29-6-2/h8,10-11,13H,5-7,9,12H2,1-4H3,(H,22,23,27). The number of thiazole rings is 1. The average molecular weight is 494 g/mol. The summed E-state index contributed by atoms with van der Waals surface area (Å²) in [7, 11) is 0. The number of carbonyl (C=O) groups excluding carboxylic acids is 2. The smallest absolute Gasteiger partial charge is 0.311 e. The molecule has 0 aliphatic carbocycles. The highest BCUT2D eigenvalue weighted by atomic mass is 32.2. The van der Waals surface area contributed by atoms with E-state index < -0.39 is 0 Å². The van der Waals surface area contributed by atoms with Crippen molar-refractivity contribution in [1.82, 2.24) is 19.7 Å². The molecule has 0 aliphatic rings. The van der Waals surface area contributed by atoms with Gasteiger partial charge in [-0.25, -0.2) is 4.98 Å². The number of amides is 1. The number of hydrogen-bond acceptors (Lipinski definition) is 9. The Labute approximate surface area is 199 Å². The Balaban J connectivity index is 1.61. The maximum Gasteiger partial charge on any atom is 0.311 e. The van der Waals surface area contributed by atoms with Crippen LogP contribution in [0, 0.1) is 0 Å². The summed E-state index contributed by atoms with van der Waals surface area (Å²) in [5.41, 5.74) is 1.65. The Hall–Kier alpha value is -2.24. The van der Waals surface area contributed by atoms with Crippen LogP contribution in [0.1, 0.15) is 50.7 Å². The molecule has 0 unspecified atom stereocenters. The third-order valence-electron chi connectivity index (χ3n) is 4.35. The number of aromatic nitrogens is 4. The Kier molecular flexibility index (Phi) is 8.83. The lowest BCUT2D eigenvalue weighted by molar-refractivity contribution is -0.142. The molecule has 0 radical (unpaired) electrons. The predicted octanol–water partition coefficient (Wildman–Crippen LogP) is 4.83. The molecular formula is C21H27N5O3S3. The Morgan fingerprint density at radius 2 is 2.03 bits per heavy atom. The number of aryl methyl sites for hydroxylation is 1. The lowest BCUT2D eigenvalue weighted by Crippen LogP contribution is -2.15. The normalized spacial score (nSPS) is 11.2. The Morgan fingerprint density at radius 3 is 2.75 bits per heavy atom. The van der Waals surface area contributed by atoms with E-state index in [-0.39, 0.29) is 30.1 Å². The third-order valence-corrected chi connectivity index (χ3v) is 7.10. The summed E-state index contributed by atoms with van der Waals surface area (Å²) in [6.45, 7) is 8.42. The van der Waals surface area contributed by atoms with Crippen molar-refractivity contribution in [2.45, 2.75) is 58.2 Å². The number of esters is 1.